The molecular weight excluding hydrogens is 701 g/mol. The van der Waals surface area contributed by atoms with Crippen molar-refractivity contribution in [3.63, 3.8) is 0 Å². The number of fused-ring (bicyclic) bond motifs is 13. The van der Waals surface area contributed by atoms with Crippen molar-refractivity contribution in [1.29, 1.82) is 0 Å². The van der Waals surface area contributed by atoms with E-state index in [1.165, 1.54) is 69.6 Å². The predicted octanol–water partition coefficient (Wildman–Crippen LogP) is 13.8. The quantitative estimate of drug-likeness (QED) is 0.169. The fourth-order valence-corrected chi connectivity index (χ4v) is 10.1. The average Bonchev–Trinajstić information content (AvgIpc) is 3.83. The van der Waals surface area contributed by atoms with E-state index in [9.17, 15) is 0 Å². The molecule has 0 bridgehead atoms. The maximum absolute atomic E-state index is 5.14. The molecule has 3 aromatic heterocycles. The molecule has 0 unspecified atom stereocenters. The molecule has 0 saturated heterocycles. The predicted molar refractivity (Wildman–Crippen MR) is 236 cm³/mol. The van der Waals surface area contributed by atoms with Gasteiger partial charge in [0.2, 0.25) is 0 Å². The van der Waals surface area contributed by atoms with Crippen LogP contribution in [0.1, 0.15) is 0 Å². The third-order valence-electron chi connectivity index (χ3n) is 11.2. The van der Waals surface area contributed by atoms with Crippen LogP contribution in [0.2, 0.25) is 0 Å². The molecular formula is C51H30N4S. The highest BCUT2D eigenvalue weighted by Crippen LogP contribution is 2.46. The Labute approximate surface area is 325 Å². The van der Waals surface area contributed by atoms with E-state index in [1.54, 1.807) is 0 Å². The Morgan fingerprint density at radius 3 is 1.48 bits per heavy atom. The number of rotatable bonds is 4. The molecule has 5 heteroatoms. The van der Waals surface area contributed by atoms with Crippen molar-refractivity contribution in [2.45, 2.75) is 0 Å². The van der Waals surface area contributed by atoms with Gasteiger partial charge >= 0.3 is 0 Å². The van der Waals surface area contributed by atoms with E-state index in [0.717, 1.165) is 27.1 Å². The first-order valence-electron chi connectivity index (χ1n) is 18.9. The van der Waals surface area contributed by atoms with Crippen LogP contribution in [0.3, 0.4) is 0 Å². The number of nitrogens with zero attached hydrogens (tertiary/aromatic N) is 4. The van der Waals surface area contributed by atoms with Gasteiger partial charge < -0.3 is 4.57 Å². The smallest absolute Gasteiger partial charge is 0.165 e. The average molecular weight is 731 g/mol. The lowest BCUT2D eigenvalue weighted by molar-refractivity contribution is 1.08. The van der Waals surface area contributed by atoms with Crippen LogP contribution in [0.5, 0.6) is 0 Å². The summed E-state index contributed by atoms with van der Waals surface area (Å²) in [6, 6.07) is 64.9. The molecule has 0 aliphatic rings. The number of hydrogen-bond acceptors (Lipinski definition) is 4. The van der Waals surface area contributed by atoms with Crippen molar-refractivity contribution in [2.24, 2.45) is 0 Å². The minimum Gasteiger partial charge on any atom is -0.308 e. The van der Waals surface area contributed by atoms with Crippen LogP contribution in [0.4, 0.5) is 0 Å². The van der Waals surface area contributed by atoms with Crippen molar-refractivity contribution < 1.29 is 0 Å². The first kappa shape index (κ1) is 31.2. The van der Waals surface area contributed by atoms with Crippen LogP contribution in [0.15, 0.2) is 182 Å². The molecule has 0 saturated carbocycles. The summed E-state index contributed by atoms with van der Waals surface area (Å²) in [6.45, 7) is 0. The maximum Gasteiger partial charge on any atom is 0.165 e. The van der Waals surface area contributed by atoms with E-state index in [-0.39, 0.29) is 0 Å². The van der Waals surface area contributed by atoms with Gasteiger partial charge in [0.25, 0.3) is 0 Å². The number of hydrogen-bond donors (Lipinski definition) is 0. The minimum atomic E-state index is 0.659. The lowest BCUT2D eigenvalue weighted by Crippen LogP contribution is -2.00. The van der Waals surface area contributed by atoms with E-state index in [2.05, 4.69) is 150 Å². The maximum atomic E-state index is 5.14. The minimum absolute atomic E-state index is 0.659. The Bertz CT molecular complexity index is 3440. The number of para-hydroxylation sites is 1. The van der Waals surface area contributed by atoms with E-state index >= 15 is 0 Å². The molecule has 0 N–H and O–H groups in total. The molecule has 9 aromatic carbocycles. The zero-order valence-corrected chi connectivity index (χ0v) is 30.8. The molecule has 3 heterocycles. The summed E-state index contributed by atoms with van der Waals surface area (Å²) in [5.41, 5.74) is 6.46. The second-order valence-electron chi connectivity index (χ2n) is 14.3. The van der Waals surface area contributed by atoms with Gasteiger partial charge in [-0.25, -0.2) is 15.0 Å². The Hall–Kier alpha value is -7.21. The molecule has 0 aliphatic heterocycles. The van der Waals surface area contributed by atoms with E-state index in [4.69, 9.17) is 15.0 Å². The van der Waals surface area contributed by atoms with Gasteiger partial charge in [-0.15, -0.1) is 11.3 Å². The molecule has 0 radical (unpaired) electrons. The molecule has 0 fully saturated rings. The lowest BCUT2D eigenvalue weighted by Gasteiger charge is -2.14. The third-order valence-corrected chi connectivity index (χ3v) is 12.5. The molecule has 0 atom stereocenters. The normalized spacial score (nSPS) is 11.9. The van der Waals surface area contributed by atoms with Crippen molar-refractivity contribution in [3.8, 4) is 39.9 Å². The topological polar surface area (TPSA) is 43.6 Å². The molecule has 0 amide bonds. The van der Waals surface area contributed by atoms with Crippen LogP contribution < -0.4 is 0 Å². The van der Waals surface area contributed by atoms with Gasteiger partial charge in [-0.2, -0.15) is 0 Å². The SMILES string of the molecule is c1ccc(-c2nc(-c3ccccc3)nc(-c3cccc4c3sc3c4ccc4c5ccccc5n(-c5ccc6c7ccccc7c7ccccc7c6c5)c43)n2)cc1. The van der Waals surface area contributed by atoms with Gasteiger partial charge in [0.15, 0.2) is 17.5 Å². The molecule has 12 aromatic rings. The van der Waals surface area contributed by atoms with Crippen LogP contribution >= 0.6 is 11.3 Å². The largest absolute Gasteiger partial charge is 0.308 e. The zero-order valence-electron chi connectivity index (χ0n) is 30.0. The highest BCUT2D eigenvalue weighted by molar-refractivity contribution is 7.27. The molecule has 56 heavy (non-hydrogen) atoms. The third kappa shape index (κ3) is 4.62. The first-order chi connectivity index (χ1) is 27.8. The van der Waals surface area contributed by atoms with Gasteiger partial charge in [-0.1, -0.05) is 158 Å². The second kappa shape index (κ2) is 12.2. The summed E-state index contributed by atoms with van der Waals surface area (Å²) in [7, 11) is 0. The van der Waals surface area contributed by atoms with Crippen molar-refractivity contribution in [1.82, 2.24) is 19.5 Å². The Balaban J connectivity index is 1.14. The van der Waals surface area contributed by atoms with Gasteiger partial charge in [-0.05, 0) is 56.6 Å². The molecule has 12 rings (SSSR count). The molecule has 0 aliphatic carbocycles. The van der Waals surface area contributed by atoms with Crippen LogP contribution in [0, 0.1) is 0 Å². The first-order valence-corrected chi connectivity index (χ1v) is 19.7. The fraction of sp³-hybridized carbons (Fsp3) is 0. The Kier molecular flexibility index (Phi) is 6.76. The molecule has 0 spiro atoms. The summed E-state index contributed by atoms with van der Waals surface area (Å²) in [5.74, 6) is 1.98. The van der Waals surface area contributed by atoms with E-state index < -0.39 is 0 Å². The van der Waals surface area contributed by atoms with Crippen LogP contribution in [-0.2, 0) is 0 Å². The van der Waals surface area contributed by atoms with Gasteiger partial charge in [0, 0.05) is 48.6 Å². The van der Waals surface area contributed by atoms with Crippen molar-refractivity contribution in [2.75, 3.05) is 0 Å². The Morgan fingerprint density at radius 2 is 0.821 bits per heavy atom. The van der Waals surface area contributed by atoms with E-state index in [1.807, 2.05) is 47.7 Å². The fourth-order valence-electron chi connectivity index (χ4n) is 8.71. The van der Waals surface area contributed by atoms with Crippen molar-refractivity contribution >= 4 is 85.6 Å². The highest BCUT2D eigenvalue weighted by atomic mass is 32.1. The van der Waals surface area contributed by atoms with E-state index in [0.29, 0.717) is 17.5 Å². The van der Waals surface area contributed by atoms with Gasteiger partial charge in [0.1, 0.15) is 0 Å². The highest BCUT2D eigenvalue weighted by Gasteiger charge is 2.21. The second-order valence-corrected chi connectivity index (χ2v) is 15.4. The van der Waals surface area contributed by atoms with Crippen molar-refractivity contribution in [3.05, 3.63) is 182 Å². The standard InChI is InChI=1S/C51H30N4S/c1-3-14-31(15-4-1)49-52-50(32-16-5-2-6-17-32)54-51(53-49)43-24-13-23-41-42-29-28-40-39-22-11-12-25-45(39)55(46(40)48(42)56-47(41)43)33-26-27-38-36-20-8-7-18-34(36)35-19-9-10-21-37(35)44(38)30-33/h1-30H. The molecule has 4 nitrogen and oxygen atoms in total. The summed E-state index contributed by atoms with van der Waals surface area (Å²) >= 11 is 1.83. The summed E-state index contributed by atoms with van der Waals surface area (Å²) in [4.78, 5) is 15.2. The number of thiophene rings is 1. The Morgan fingerprint density at radius 1 is 0.339 bits per heavy atom. The zero-order chi connectivity index (χ0) is 36.7. The summed E-state index contributed by atoms with van der Waals surface area (Å²) in [5, 5.41) is 12.5. The summed E-state index contributed by atoms with van der Waals surface area (Å²) in [6.07, 6.45) is 0. The van der Waals surface area contributed by atoms with Gasteiger partial charge in [0.05, 0.1) is 15.7 Å². The lowest BCUT2D eigenvalue weighted by atomic mass is 9.94. The number of benzene rings is 9. The molecule has 260 valence electrons. The van der Waals surface area contributed by atoms with Gasteiger partial charge in [-0.3, -0.25) is 0 Å². The summed E-state index contributed by atoms with van der Waals surface area (Å²) < 4.78 is 4.88. The van der Waals surface area contributed by atoms with Crippen LogP contribution in [-0.4, -0.2) is 19.5 Å². The van der Waals surface area contributed by atoms with Crippen LogP contribution in [0.25, 0.3) is 114 Å². The monoisotopic (exact) mass is 730 g/mol. The number of aromatic nitrogens is 4.